The van der Waals surface area contributed by atoms with Gasteiger partial charge in [0.05, 0.1) is 18.1 Å². The zero-order valence-corrected chi connectivity index (χ0v) is 12.3. The summed E-state index contributed by atoms with van der Waals surface area (Å²) >= 11 is 3.11. The lowest BCUT2D eigenvalue weighted by atomic mass is 10.2. The van der Waals surface area contributed by atoms with Gasteiger partial charge in [-0.2, -0.15) is 5.10 Å². The van der Waals surface area contributed by atoms with Gasteiger partial charge in [-0.05, 0) is 30.7 Å². The van der Waals surface area contributed by atoms with Crippen LogP contribution in [0, 0.1) is 6.92 Å². The Labute approximate surface area is 126 Å². The van der Waals surface area contributed by atoms with Crippen molar-refractivity contribution in [2.24, 2.45) is 5.10 Å². The molecule has 0 saturated heterocycles. The molecule has 0 fully saturated rings. The van der Waals surface area contributed by atoms with Crippen LogP contribution < -0.4 is 10.5 Å². The molecule has 5 nitrogen and oxygen atoms in total. The van der Waals surface area contributed by atoms with Crippen molar-refractivity contribution in [1.29, 1.82) is 0 Å². The van der Waals surface area contributed by atoms with Gasteiger partial charge in [-0.1, -0.05) is 15.9 Å². The lowest BCUT2D eigenvalue weighted by molar-refractivity contribution is -0.274. The van der Waals surface area contributed by atoms with E-state index in [1.165, 1.54) is 23.0 Å². The minimum Gasteiger partial charge on any atom is -0.406 e. The van der Waals surface area contributed by atoms with E-state index in [1.807, 2.05) is 0 Å². The molecule has 0 radical (unpaired) electrons. The van der Waals surface area contributed by atoms with Gasteiger partial charge in [0.15, 0.2) is 0 Å². The van der Waals surface area contributed by atoms with Crippen molar-refractivity contribution in [3.05, 3.63) is 40.1 Å². The Kier molecular flexibility index (Phi) is 4.21. The predicted molar refractivity (Wildman–Crippen MR) is 75.2 cm³/mol. The third kappa shape index (κ3) is 4.48. The Morgan fingerprint density at radius 2 is 2.10 bits per heavy atom. The molecule has 1 aromatic carbocycles. The van der Waals surface area contributed by atoms with Gasteiger partial charge in [-0.3, -0.25) is 0 Å². The summed E-state index contributed by atoms with van der Waals surface area (Å²) in [6, 6.07) is 4.01. The van der Waals surface area contributed by atoms with Gasteiger partial charge in [0.1, 0.15) is 5.75 Å². The molecule has 0 atom stereocenters. The number of halogens is 4. The summed E-state index contributed by atoms with van der Waals surface area (Å²) < 4.78 is 42.3. The molecule has 2 N–H and O–H groups in total. The number of ether oxygens (including phenoxy) is 1. The van der Waals surface area contributed by atoms with Crippen molar-refractivity contribution >= 4 is 28.1 Å². The molecule has 21 heavy (non-hydrogen) atoms. The van der Waals surface area contributed by atoms with Crippen LogP contribution in [0.1, 0.15) is 11.3 Å². The summed E-state index contributed by atoms with van der Waals surface area (Å²) in [5.41, 5.74) is 6.70. The Morgan fingerprint density at radius 1 is 1.38 bits per heavy atom. The van der Waals surface area contributed by atoms with Gasteiger partial charge in [0.25, 0.3) is 0 Å². The average molecular weight is 363 g/mol. The molecule has 9 heteroatoms. The first kappa shape index (κ1) is 15.4. The van der Waals surface area contributed by atoms with Crippen LogP contribution in [0.3, 0.4) is 0 Å². The number of hydrogen-bond donors (Lipinski definition) is 1. The maximum atomic E-state index is 12.2. The van der Waals surface area contributed by atoms with Gasteiger partial charge in [0.2, 0.25) is 5.95 Å². The number of nitrogens with two attached hydrogens (primary N) is 1. The highest BCUT2D eigenvalue weighted by Crippen LogP contribution is 2.26. The quantitative estimate of drug-likeness (QED) is 0.851. The minimum absolute atomic E-state index is 0.186. The average Bonchev–Trinajstić information content (AvgIpc) is 2.62. The molecule has 2 aromatic rings. The zero-order chi connectivity index (χ0) is 15.6. The molecule has 0 unspecified atom stereocenters. The number of anilines is 1. The first-order valence-electron chi connectivity index (χ1n) is 5.65. The highest BCUT2D eigenvalue weighted by molar-refractivity contribution is 9.10. The van der Waals surface area contributed by atoms with E-state index in [4.69, 9.17) is 5.73 Å². The van der Waals surface area contributed by atoms with Crippen LogP contribution in [0.4, 0.5) is 19.1 Å². The van der Waals surface area contributed by atoms with E-state index in [-0.39, 0.29) is 11.7 Å². The summed E-state index contributed by atoms with van der Waals surface area (Å²) in [5, 5.41) is 4.02. The Morgan fingerprint density at radius 3 is 2.67 bits per heavy atom. The lowest BCUT2D eigenvalue weighted by Gasteiger charge is -2.09. The number of nitrogens with zero attached hydrogens (tertiary/aromatic N) is 3. The Bertz CT molecular complexity index is 682. The monoisotopic (exact) mass is 362 g/mol. The van der Waals surface area contributed by atoms with Crippen LogP contribution in [-0.2, 0) is 0 Å². The number of rotatable bonds is 3. The van der Waals surface area contributed by atoms with Crippen molar-refractivity contribution < 1.29 is 17.9 Å². The number of imidazole rings is 1. The summed E-state index contributed by atoms with van der Waals surface area (Å²) in [6.45, 7) is 1.75. The lowest BCUT2D eigenvalue weighted by Crippen LogP contribution is -2.17. The molecule has 0 aliphatic rings. The summed E-state index contributed by atoms with van der Waals surface area (Å²) in [4.78, 5) is 3.95. The van der Waals surface area contributed by atoms with E-state index in [2.05, 4.69) is 30.8 Å². The van der Waals surface area contributed by atoms with E-state index in [1.54, 1.807) is 19.2 Å². The second-order valence-electron chi connectivity index (χ2n) is 4.10. The summed E-state index contributed by atoms with van der Waals surface area (Å²) in [7, 11) is 0. The fourth-order valence-corrected chi connectivity index (χ4v) is 2.07. The van der Waals surface area contributed by atoms with Gasteiger partial charge in [0, 0.05) is 4.47 Å². The van der Waals surface area contributed by atoms with E-state index in [0.29, 0.717) is 15.7 Å². The number of aromatic nitrogens is 2. The van der Waals surface area contributed by atoms with Crippen LogP contribution in [0.5, 0.6) is 5.75 Å². The van der Waals surface area contributed by atoms with E-state index in [0.717, 1.165) is 0 Å². The zero-order valence-electron chi connectivity index (χ0n) is 10.7. The predicted octanol–water partition coefficient (Wildman–Crippen LogP) is 3.32. The van der Waals surface area contributed by atoms with Crippen LogP contribution in [0.15, 0.2) is 34.0 Å². The molecular formula is C12H10BrF3N4O. The Balaban J connectivity index is 2.26. The maximum Gasteiger partial charge on any atom is 0.573 e. The first-order valence-corrected chi connectivity index (χ1v) is 6.44. The van der Waals surface area contributed by atoms with Crippen LogP contribution >= 0.6 is 15.9 Å². The third-order valence-corrected chi connectivity index (χ3v) is 2.75. The second kappa shape index (κ2) is 5.76. The standard InChI is InChI=1S/C12H10BrF3N4O/c1-7-6-20(11(17)19-7)18-5-8-2-9(13)4-10(3-8)21-12(14,15)16/h2-6H,1H3,(H2,17,19). The van der Waals surface area contributed by atoms with Gasteiger partial charge in [-0.25, -0.2) is 9.66 Å². The van der Waals surface area contributed by atoms with Gasteiger partial charge in [-0.15, -0.1) is 13.2 Å². The number of benzene rings is 1. The molecule has 2 rings (SSSR count). The highest BCUT2D eigenvalue weighted by Gasteiger charge is 2.31. The number of hydrogen-bond acceptors (Lipinski definition) is 4. The molecular weight excluding hydrogens is 353 g/mol. The molecule has 0 spiro atoms. The normalized spacial score (nSPS) is 12.0. The summed E-state index contributed by atoms with van der Waals surface area (Å²) in [6.07, 6.45) is -1.80. The second-order valence-corrected chi connectivity index (χ2v) is 5.01. The molecule has 0 aliphatic carbocycles. The minimum atomic E-state index is -4.75. The molecule has 0 bridgehead atoms. The molecule has 112 valence electrons. The van der Waals surface area contributed by atoms with Crippen LogP contribution in [-0.4, -0.2) is 22.2 Å². The summed E-state index contributed by atoms with van der Waals surface area (Å²) in [5.74, 6) is -0.154. The molecule has 0 amide bonds. The number of alkyl halides is 3. The first-order chi connectivity index (χ1) is 9.73. The Hall–Kier alpha value is -2.03. The molecule has 1 aromatic heterocycles. The van der Waals surface area contributed by atoms with Crippen LogP contribution in [0.25, 0.3) is 0 Å². The number of aryl methyl sites for hydroxylation is 1. The van der Waals surface area contributed by atoms with Crippen LogP contribution in [0.2, 0.25) is 0 Å². The smallest absolute Gasteiger partial charge is 0.406 e. The molecule has 0 saturated carbocycles. The molecule has 1 heterocycles. The topological polar surface area (TPSA) is 65.4 Å². The van der Waals surface area contributed by atoms with Gasteiger partial charge < -0.3 is 10.5 Å². The largest absolute Gasteiger partial charge is 0.573 e. The third-order valence-electron chi connectivity index (χ3n) is 2.29. The van der Waals surface area contributed by atoms with E-state index < -0.39 is 6.36 Å². The van der Waals surface area contributed by atoms with Crippen molar-refractivity contribution in [2.75, 3.05) is 5.73 Å². The van der Waals surface area contributed by atoms with Crippen molar-refractivity contribution in [3.8, 4) is 5.75 Å². The number of nitrogen functional groups attached to an aromatic ring is 1. The maximum absolute atomic E-state index is 12.2. The van der Waals surface area contributed by atoms with Crippen molar-refractivity contribution in [3.63, 3.8) is 0 Å². The van der Waals surface area contributed by atoms with E-state index in [9.17, 15) is 13.2 Å². The highest BCUT2D eigenvalue weighted by atomic mass is 79.9. The van der Waals surface area contributed by atoms with Gasteiger partial charge >= 0.3 is 6.36 Å². The van der Waals surface area contributed by atoms with E-state index >= 15 is 0 Å². The van der Waals surface area contributed by atoms with Crippen molar-refractivity contribution in [1.82, 2.24) is 9.66 Å². The molecule has 0 aliphatic heterocycles. The SMILES string of the molecule is Cc1cn(N=Cc2cc(Br)cc(OC(F)(F)F)c2)c(N)n1. The fraction of sp³-hybridized carbons (Fsp3) is 0.167. The fourth-order valence-electron chi connectivity index (χ4n) is 1.58. The van der Waals surface area contributed by atoms with Crippen molar-refractivity contribution in [2.45, 2.75) is 13.3 Å².